The minimum Gasteiger partial charge on any atom is -0.371 e. The molecule has 1 N–H and O–H groups in total. The van der Waals surface area contributed by atoms with Crippen LogP contribution in [0.5, 0.6) is 0 Å². The summed E-state index contributed by atoms with van der Waals surface area (Å²) in [6.45, 7) is 4.81. The normalized spacial score (nSPS) is 19.2. The van der Waals surface area contributed by atoms with Crippen molar-refractivity contribution in [2.75, 3.05) is 58.3 Å². The van der Waals surface area contributed by atoms with Gasteiger partial charge >= 0.3 is 0 Å². The molecule has 2 fully saturated rings. The summed E-state index contributed by atoms with van der Waals surface area (Å²) in [5.41, 5.74) is 1.36. The number of benzene rings is 1. The summed E-state index contributed by atoms with van der Waals surface area (Å²) in [4.78, 5) is 17.6. The highest BCUT2D eigenvalue weighted by Gasteiger charge is 2.26. The van der Waals surface area contributed by atoms with Crippen molar-refractivity contribution in [3.8, 4) is 0 Å². The average molecular weight is 395 g/mol. The lowest BCUT2D eigenvalue weighted by Gasteiger charge is -2.32. The van der Waals surface area contributed by atoms with E-state index in [1.54, 1.807) is 12.1 Å². The molecule has 150 valence electrons. The van der Waals surface area contributed by atoms with Crippen molar-refractivity contribution < 1.29 is 13.2 Å². The first-order chi connectivity index (χ1) is 12.9. The van der Waals surface area contributed by atoms with Gasteiger partial charge in [0.25, 0.3) is 5.91 Å². The molecule has 2 saturated heterocycles. The van der Waals surface area contributed by atoms with E-state index in [0.29, 0.717) is 18.7 Å². The monoisotopic (exact) mass is 394 g/mol. The van der Waals surface area contributed by atoms with Crippen LogP contribution in [0.3, 0.4) is 0 Å². The standard InChI is InChI=1S/C19H30N4O3S/c1-21(2)27(25,26)16-7-8-18(22-11-4-3-5-12-22)17(15-16)19(24)23-13-6-9-20-10-14-23/h7-8,15,20H,3-6,9-14H2,1-2H3. The van der Waals surface area contributed by atoms with Crippen LogP contribution in [-0.2, 0) is 10.0 Å². The summed E-state index contributed by atoms with van der Waals surface area (Å²) in [5.74, 6) is -0.0740. The largest absolute Gasteiger partial charge is 0.371 e. The topological polar surface area (TPSA) is 73.0 Å². The molecule has 1 aromatic rings. The molecule has 0 radical (unpaired) electrons. The van der Waals surface area contributed by atoms with Gasteiger partial charge in [-0.05, 0) is 50.4 Å². The van der Waals surface area contributed by atoms with Crippen molar-refractivity contribution in [1.29, 1.82) is 0 Å². The minimum absolute atomic E-state index is 0.0740. The Kier molecular flexibility index (Phi) is 6.39. The Balaban J connectivity index is 2.01. The van der Waals surface area contributed by atoms with Crippen LogP contribution in [0.15, 0.2) is 23.1 Å². The minimum atomic E-state index is -3.59. The van der Waals surface area contributed by atoms with Crippen molar-refractivity contribution >= 4 is 21.6 Å². The van der Waals surface area contributed by atoms with Crippen LogP contribution in [-0.4, -0.2) is 76.9 Å². The number of amides is 1. The number of piperidine rings is 1. The molecule has 0 atom stereocenters. The van der Waals surface area contributed by atoms with Gasteiger partial charge in [0.2, 0.25) is 10.0 Å². The van der Waals surface area contributed by atoms with Crippen molar-refractivity contribution in [3.05, 3.63) is 23.8 Å². The van der Waals surface area contributed by atoms with Crippen molar-refractivity contribution in [2.24, 2.45) is 0 Å². The van der Waals surface area contributed by atoms with Gasteiger partial charge in [0.1, 0.15) is 0 Å². The lowest BCUT2D eigenvalue weighted by molar-refractivity contribution is 0.0766. The maximum atomic E-state index is 13.3. The van der Waals surface area contributed by atoms with E-state index in [0.717, 1.165) is 51.1 Å². The fourth-order valence-corrected chi connectivity index (χ4v) is 4.62. The highest BCUT2D eigenvalue weighted by Crippen LogP contribution is 2.29. The van der Waals surface area contributed by atoms with Crippen LogP contribution in [0.4, 0.5) is 5.69 Å². The molecule has 0 spiro atoms. The zero-order chi connectivity index (χ0) is 19.4. The number of hydrogen-bond acceptors (Lipinski definition) is 5. The molecule has 0 aliphatic carbocycles. The zero-order valence-electron chi connectivity index (χ0n) is 16.3. The van der Waals surface area contributed by atoms with Crippen LogP contribution >= 0.6 is 0 Å². The fraction of sp³-hybridized carbons (Fsp3) is 0.632. The molecule has 0 bridgehead atoms. The van der Waals surface area contributed by atoms with Crippen LogP contribution < -0.4 is 10.2 Å². The Morgan fingerprint density at radius 2 is 1.74 bits per heavy atom. The smallest absolute Gasteiger partial charge is 0.256 e. The van der Waals surface area contributed by atoms with Crippen LogP contribution in [0.1, 0.15) is 36.0 Å². The summed E-state index contributed by atoms with van der Waals surface area (Å²) in [7, 11) is -0.567. The van der Waals surface area contributed by atoms with E-state index in [2.05, 4.69) is 10.2 Å². The van der Waals surface area contributed by atoms with Gasteiger partial charge in [-0.2, -0.15) is 0 Å². The number of rotatable bonds is 4. The van der Waals surface area contributed by atoms with Gasteiger partial charge in [-0.1, -0.05) is 0 Å². The predicted octanol–water partition coefficient (Wildman–Crippen LogP) is 1.36. The molecular formula is C19H30N4O3S. The molecule has 3 rings (SSSR count). The Labute approximate surface area is 162 Å². The van der Waals surface area contributed by atoms with Gasteiger partial charge in [0.15, 0.2) is 0 Å². The first-order valence-corrected chi connectivity index (χ1v) is 11.2. The quantitative estimate of drug-likeness (QED) is 0.835. The maximum Gasteiger partial charge on any atom is 0.256 e. The van der Waals surface area contributed by atoms with Gasteiger partial charge < -0.3 is 15.1 Å². The van der Waals surface area contributed by atoms with E-state index in [-0.39, 0.29) is 10.8 Å². The lowest BCUT2D eigenvalue weighted by Crippen LogP contribution is -2.37. The number of anilines is 1. The molecule has 2 aliphatic rings. The van der Waals surface area contributed by atoms with Gasteiger partial charge in [-0.25, -0.2) is 12.7 Å². The number of carbonyl (C=O) groups is 1. The van der Waals surface area contributed by atoms with Gasteiger partial charge in [-0.3, -0.25) is 4.79 Å². The second-order valence-corrected chi connectivity index (χ2v) is 9.56. The van der Waals surface area contributed by atoms with E-state index >= 15 is 0 Å². The molecule has 0 saturated carbocycles. The van der Waals surface area contributed by atoms with Crippen LogP contribution in [0, 0.1) is 0 Å². The molecule has 27 heavy (non-hydrogen) atoms. The second kappa shape index (κ2) is 8.58. The third-order valence-electron chi connectivity index (χ3n) is 5.30. The number of carbonyl (C=O) groups excluding carboxylic acids is 1. The zero-order valence-corrected chi connectivity index (χ0v) is 17.1. The predicted molar refractivity (Wildman–Crippen MR) is 107 cm³/mol. The Hall–Kier alpha value is -1.64. The van der Waals surface area contributed by atoms with Crippen molar-refractivity contribution in [1.82, 2.24) is 14.5 Å². The Morgan fingerprint density at radius 1 is 1.00 bits per heavy atom. The number of sulfonamides is 1. The van der Waals surface area contributed by atoms with Crippen molar-refractivity contribution in [3.63, 3.8) is 0 Å². The highest BCUT2D eigenvalue weighted by molar-refractivity contribution is 7.89. The van der Waals surface area contributed by atoms with E-state index in [1.807, 2.05) is 11.0 Å². The van der Waals surface area contributed by atoms with Gasteiger partial charge in [0, 0.05) is 52.5 Å². The van der Waals surface area contributed by atoms with Crippen LogP contribution in [0.25, 0.3) is 0 Å². The first-order valence-electron chi connectivity index (χ1n) is 9.73. The molecule has 0 aromatic heterocycles. The Bertz CT molecular complexity index is 765. The first kappa shape index (κ1) is 20.1. The Morgan fingerprint density at radius 3 is 2.44 bits per heavy atom. The fourth-order valence-electron chi connectivity index (χ4n) is 3.69. The molecular weight excluding hydrogens is 364 g/mol. The molecule has 8 heteroatoms. The third kappa shape index (κ3) is 4.44. The van der Waals surface area contributed by atoms with Gasteiger partial charge in [0.05, 0.1) is 10.5 Å². The molecule has 0 unspecified atom stereocenters. The van der Waals surface area contributed by atoms with Crippen molar-refractivity contribution in [2.45, 2.75) is 30.6 Å². The molecule has 1 amide bonds. The third-order valence-corrected chi connectivity index (χ3v) is 7.11. The summed E-state index contributed by atoms with van der Waals surface area (Å²) < 4.78 is 26.4. The molecule has 2 heterocycles. The maximum absolute atomic E-state index is 13.3. The lowest BCUT2D eigenvalue weighted by atomic mass is 10.1. The molecule has 7 nitrogen and oxygen atoms in total. The number of hydrogen-bond donors (Lipinski definition) is 1. The van der Waals surface area contributed by atoms with E-state index in [9.17, 15) is 13.2 Å². The van der Waals surface area contributed by atoms with E-state index in [4.69, 9.17) is 0 Å². The second-order valence-electron chi connectivity index (χ2n) is 7.41. The van der Waals surface area contributed by atoms with Gasteiger partial charge in [-0.15, -0.1) is 0 Å². The number of nitrogens with one attached hydrogen (secondary N) is 1. The summed E-state index contributed by atoms with van der Waals surface area (Å²) in [6, 6.07) is 5.00. The summed E-state index contributed by atoms with van der Waals surface area (Å²) >= 11 is 0. The molecule has 2 aliphatic heterocycles. The summed E-state index contributed by atoms with van der Waals surface area (Å²) in [5, 5.41) is 3.31. The highest BCUT2D eigenvalue weighted by atomic mass is 32.2. The van der Waals surface area contributed by atoms with E-state index < -0.39 is 10.0 Å². The molecule has 1 aromatic carbocycles. The average Bonchev–Trinajstić information content (AvgIpc) is 2.97. The van der Waals surface area contributed by atoms with Crippen LogP contribution in [0.2, 0.25) is 0 Å². The van der Waals surface area contributed by atoms with E-state index in [1.165, 1.54) is 24.8 Å². The summed E-state index contributed by atoms with van der Waals surface area (Å²) in [6.07, 6.45) is 4.29. The number of nitrogens with zero attached hydrogens (tertiary/aromatic N) is 3. The SMILES string of the molecule is CN(C)S(=O)(=O)c1ccc(N2CCCCC2)c(C(=O)N2CCCNCC2)c1.